The Bertz CT molecular complexity index is 314. The molecule has 1 aliphatic heterocycles. The quantitative estimate of drug-likeness (QED) is 0.753. The van der Waals surface area contributed by atoms with Gasteiger partial charge in [-0.15, -0.1) is 0 Å². The van der Waals surface area contributed by atoms with Gasteiger partial charge in [0, 0.05) is 19.1 Å². The maximum Gasteiger partial charge on any atom is 0.229 e. The molecule has 0 spiro atoms. The molecular weight excluding hydrogens is 230 g/mol. The number of nitriles is 1. The molecule has 1 amide bonds. The summed E-state index contributed by atoms with van der Waals surface area (Å²) in [4.78, 5) is 14.2. The Morgan fingerprint density at radius 2 is 2.28 bits per heavy atom. The maximum atomic E-state index is 12.4. The van der Waals surface area contributed by atoms with E-state index in [4.69, 9.17) is 10.00 Å². The highest BCUT2D eigenvalue weighted by atomic mass is 16.5. The molecule has 5 heteroatoms. The highest BCUT2D eigenvalue weighted by Gasteiger charge is 2.35. The molecule has 3 atom stereocenters. The third-order valence-electron chi connectivity index (χ3n) is 3.27. The van der Waals surface area contributed by atoms with E-state index in [0.29, 0.717) is 26.3 Å². The number of likely N-dealkylation sites (N-methyl/N-ethyl adjacent to an activating group) is 1. The summed E-state index contributed by atoms with van der Waals surface area (Å²) in [5, 5.41) is 12.1. The second-order valence-electron chi connectivity index (χ2n) is 4.72. The van der Waals surface area contributed by atoms with Crippen LogP contribution in [0.5, 0.6) is 0 Å². The summed E-state index contributed by atoms with van der Waals surface area (Å²) in [7, 11) is 0. The molecule has 102 valence electrons. The fraction of sp³-hybridized carbons (Fsp3) is 0.846. The zero-order valence-electron chi connectivity index (χ0n) is 11.5. The van der Waals surface area contributed by atoms with E-state index in [2.05, 4.69) is 11.4 Å². The minimum absolute atomic E-state index is 0.100. The molecule has 3 unspecified atom stereocenters. The van der Waals surface area contributed by atoms with Gasteiger partial charge in [0.25, 0.3) is 0 Å². The van der Waals surface area contributed by atoms with Gasteiger partial charge in [0.1, 0.15) is 0 Å². The Balaban J connectivity index is 2.62. The fourth-order valence-electron chi connectivity index (χ4n) is 2.24. The van der Waals surface area contributed by atoms with Crippen molar-refractivity contribution < 1.29 is 9.53 Å². The van der Waals surface area contributed by atoms with E-state index < -0.39 is 0 Å². The molecule has 0 aromatic rings. The van der Waals surface area contributed by atoms with Crippen LogP contribution in [0.4, 0.5) is 0 Å². The van der Waals surface area contributed by atoms with Crippen molar-refractivity contribution >= 4 is 5.91 Å². The van der Waals surface area contributed by atoms with Gasteiger partial charge in [-0.25, -0.2) is 0 Å². The van der Waals surface area contributed by atoms with Crippen molar-refractivity contribution in [3.8, 4) is 6.07 Å². The van der Waals surface area contributed by atoms with E-state index in [-0.39, 0.29) is 23.8 Å². The highest BCUT2D eigenvalue weighted by Crippen LogP contribution is 2.17. The van der Waals surface area contributed by atoms with Crippen LogP contribution < -0.4 is 5.32 Å². The highest BCUT2D eigenvalue weighted by molar-refractivity contribution is 5.80. The summed E-state index contributed by atoms with van der Waals surface area (Å²) in [5.41, 5.74) is 0. The number of rotatable bonds is 6. The number of hydrogen-bond acceptors (Lipinski definition) is 4. The third-order valence-corrected chi connectivity index (χ3v) is 3.27. The Morgan fingerprint density at radius 3 is 2.83 bits per heavy atom. The van der Waals surface area contributed by atoms with Gasteiger partial charge in [-0.2, -0.15) is 5.26 Å². The van der Waals surface area contributed by atoms with Gasteiger partial charge < -0.3 is 15.0 Å². The Hall–Kier alpha value is -1.12. The Labute approximate surface area is 109 Å². The van der Waals surface area contributed by atoms with Gasteiger partial charge >= 0.3 is 0 Å². The van der Waals surface area contributed by atoms with Crippen molar-refractivity contribution in [1.29, 1.82) is 5.26 Å². The third kappa shape index (κ3) is 3.69. The molecule has 1 N–H and O–H groups in total. The van der Waals surface area contributed by atoms with E-state index in [1.54, 1.807) is 4.90 Å². The van der Waals surface area contributed by atoms with Crippen LogP contribution in [0.3, 0.4) is 0 Å². The predicted molar refractivity (Wildman–Crippen MR) is 68.8 cm³/mol. The van der Waals surface area contributed by atoms with E-state index in [9.17, 15) is 4.79 Å². The average molecular weight is 253 g/mol. The van der Waals surface area contributed by atoms with Crippen LogP contribution in [0.15, 0.2) is 0 Å². The molecule has 1 fully saturated rings. The Morgan fingerprint density at radius 1 is 1.56 bits per heavy atom. The monoisotopic (exact) mass is 253 g/mol. The fourth-order valence-corrected chi connectivity index (χ4v) is 2.24. The van der Waals surface area contributed by atoms with Crippen LogP contribution in [-0.2, 0) is 9.53 Å². The van der Waals surface area contributed by atoms with Crippen molar-refractivity contribution in [2.45, 2.75) is 26.8 Å². The van der Waals surface area contributed by atoms with Gasteiger partial charge in [0.2, 0.25) is 5.91 Å². The summed E-state index contributed by atoms with van der Waals surface area (Å²) in [6.45, 7) is 8.85. The molecular formula is C13H23N3O2. The maximum absolute atomic E-state index is 12.4. The molecule has 0 aliphatic carbocycles. The average Bonchev–Trinajstić information content (AvgIpc) is 2.83. The summed E-state index contributed by atoms with van der Waals surface area (Å²) in [6, 6.07) is 2.28. The zero-order valence-corrected chi connectivity index (χ0v) is 11.5. The van der Waals surface area contributed by atoms with Crippen molar-refractivity contribution in [3.05, 3.63) is 0 Å². The van der Waals surface area contributed by atoms with E-state index in [1.807, 2.05) is 20.8 Å². The Kier molecular flexibility index (Phi) is 6.10. The van der Waals surface area contributed by atoms with E-state index in [1.165, 1.54) is 0 Å². The van der Waals surface area contributed by atoms with Crippen molar-refractivity contribution in [2.24, 2.45) is 11.8 Å². The first-order valence-corrected chi connectivity index (χ1v) is 6.63. The first-order chi connectivity index (χ1) is 8.63. The normalized spacial score (nSPS) is 24.6. The molecule has 0 saturated carbocycles. The van der Waals surface area contributed by atoms with Crippen LogP contribution in [0.25, 0.3) is 0 Å². The topological polar surface area (TPSA) is 65.4 Å². The minimum Gasteiger partial charge on any atom is -0.379 e. The number of nitrogens with zero attached hydrogens (tertiary/aromatic N) is 2. The molecule has 1 aliphatic rings. The molecule has 0 aromatic carbocycles. The number of nitrogens with one attached hydrogen (secondary N) is 1. The van der Waals surface area contributed by atoms with Crippen LogP contribution in [0.1, 0.15) is 20.8 Å². The number of carbonyl (C=O) groups excluding carboxylic acids is 1. The number of ether oxygens (including phenoxy) is 1. The van der Waals surface area contributed by atoms with Crippen LogP contribution >= 0.6 is 0 Å². The lowest BCUT2D eigenvalue weighted by Crippen LogP contribution is -2.46. The summed E-state index contributed by atoms with van der Waals surface area (Å²) >= 11 is 0. The number of hydrogen-bond donors (Lipinski definition) is 1. The largest absolute Gasteiger partial charge is 0.379 e. The van der Waals surface area contributed by atoms with Gasteiger partial charge in [-0.05, 0) is 20.4 Å². The molecule has 0 radical (unpaired) electrons. The predicted octanol–water partition coefficient (Wildman–Crippen LogP) is 0.619. The molecule has 18 heavy (non-hydrogen) atoms. The zero-order chi connectivity index (χ0) is 13.5. The standard InChI is InChI=1S/C13H23N3O2/c1-4-15-12-9-18-8-11(12)13(17)16(5-2)7-10(3)6-14/h10-12,15H,4-5,7-9H2,1-3H3. The smallest absolute Gasteiger partial charge is 0.229 e. The SMILES string of the molecule is CCNC1COCC1C(=O)N(CC)CC(C)C#N. The van der Waals surface area contributed by atoms with Crippen molar-refractivity contribution in [3.63, 3.8) is 0 Å². The summed E-state index contributed by atoms with van der Waals surface area (Å²) in [5.74, 6) is -0.146. The molecule has 0 aromatic heterocycles. The van der Waals surface area contributed by atoms with E-state index in [0.717, 1.165) is 6.54 Å². The van der Waals surface area contributed by atoms with Crippen LogP contribution in [0, 0.1) is 23.2 Å². The first-order valence-electron chi connectivity index (χ1n) is 6.63. The van der Waals surface area contributed by atoms with Gasteiger partial charge in [0.05, 0.1) is 31.1 Å². The van der Waals surface area contributed by atoms with Gasteiger partial charge in [-0.3, -0.25) is 4.79 Å². The number of carbonyl (C=O) groups is 1. The lowest BCUT2D eigenvalue weighted by atomic mass is 10.0. The lowest BCUT2D eigenvalue weighted by Gasteiger charge is -2.27. The van der Waals surface area contributed by atoms with Gasteiger partial charge in [-0.1, -0.05) is 6.92 Å². The van der Waals surface area contributed by atoms with Gasteiger partial charge in [0.15, 0.2) is 0 Å². The summed E-state index contributed by atoms with van der Waals surface area (Å²) in [6.07, 6.45) is 0. The minimum atomic E-state index is -0.131. The van der Waals surface area contributed by atoms with Crippen molar-refractivity contribution in [1.82, 2.24) is 10.2 Å². The van der Waals surface area contributed by atoms with E-state index >= 15 is 0 Å². The van der Waals surface area contributed by atoms with Crippen LogP contribution in [-0.4, -0.2) is 49.7 Å². The lowest BCUT2D eigenvalue weighted by molar-refractivity contribution is -0.136. The second kappa shape index (κ2) is 7.34. The second-order valence-corrected chi connectivity index (χ2v) is 4.72. The first kappa shape index (κ1) is 14.9. The van der Waals surface area contributed by atoms with Crippen LogP contribution in [0.2, 0.25) is 0 Å². The van der Waals surface area contributed by atoms with Crippen molar-refractivity contribution in [2.75, 3.05) is 32.8 Å². The molecule has 1 rings (SSSR count). The molecule has 0 bridgehead atoms. The number of amides is 1. The molecule has 1 heterocycles. The molecule has 5 nitrogen and oxygen atoms in total. The molecule has 1 saturated heterocycles. The summed E-state index contributed by atoms with van der Waals surface area (Å²) < 4.78 is 5.39.